The molecule has 7 heteroatoms. The maximum Gasteiger partial charge on any atom is 0.304 e. The van der Waals surface area contributed by atoms with Crippen LogP contribution in [-0.2, 0) is 0 Å². The quantitative estimate of drug-likeness (QED) is 0.651. The highest BCUT2D eigenvalue weighted by Gasteiger charge is 2.22. The van der Waals surface area contributed by atoms with Gasteiger partial charge in [-0.1, -0.05) is 0 Å². The van der Waals surface area contributed by atoms with E-state index in [0.29, 0.717) is 0 Å². The van der Waals surface area contributed by atoms with E-state index in [0.717, 1.165) is 37.8 Å². The van der Waals surface area contributed by atoms with Gasteiger partial charge in [0, 0.05) is 23.7 Å². The number of nitrogens with two attached hydrogens (primary N) is 1. The fraction of sp³-hybridized carbons (Fsp3) is 0.462. The van der Waals surface area contributed by atoms with Crippen LogP contribution in [0.1, 0.15) is 36.0 Å². The molecule has 1 aromatic carbocycles. The molecule has 2 rings (SSSR count). The maximum atomic E-state index is 13.5. The average Bonchev–Trinajstić information content (AvgIpc) is 2.40. The molecule has 3 N–H and O–H groups in total. The molecular formula is C13H16FN3O3. The molecule has 1 aliphatic rings. The van der Waals surface area contributed by atoms with Crippen molar-refractivity contribution in [3.8, 4) is 0 Å². The topological polar surface area (TPSA) is 98.3 Å². The van der Waals surface area contributed by atoms with Crippen molar-refractivity contribution in [2.75, 3.05) is 0 Å². The first-order valence-electron chi connectivity index (χ1n) is 6.47. The average molecular weight is 281 g/mol. The summed E-state index contributed by atoms with van der Waals surface area (Å²) in [5.41, 5.74) is 5.23. The molecule has 0 saturated heterocycles. The Morgan fingerprint density at radius 2 is 2.00 bits per heavy atom. The Labute approximate surface area is 115 Å². The van der Waals surface area contributed by atoms with Crippen molar-refractivity contribution in [2.45, 2.75) is 37.8 Å². The van der Waals surface area contributed by atoms with E-state index in [-0.39, 0.29) is 17.6 Å². The van der Waals surface area contributed by atoms with Crippen LogP contribution < -0.4 is 11.1 Å². The second-order valence-electron chi connectivity index (χ2n) is 5.01. The first-order valence-corrected chi connectivity index (χ1v) is 6.47. The Morgan fingerprint density at radius 1 is 1.35 bits per heavy atom. The number of hydrogen-bond donors (Lipinski definition) is 2. The molecule has 1 aliphatic carbocycles. The molecule has 108 valence electrons. The van der Waals surface area contributed by atoms with E-state index in [9.17, 15) is 19.3 Å². The molecule has 0 aromatic heterocycles. The lowest BCUT2D eigenvalue weighted by Crippen LogP contribution is -2.40. The molecule has 0 radical (unpaired) electrons. The number of amides is 1. The number of rotatable bonds is 3. The van der Waals surface area contributed by atoms with Gasteiger partial charge in [0.15, 0.2) is 0 Å². The second kappa shape index (κ2) is 5.96. The molecule has 1 saturated carbocycles. The minimum atomic E-state index is -1.01. The number of carbonyl (C=O) groups excluding carboxylic acids is 1. The van der Waals surface area contributed by atoms with Gasteiger partial charge >= 0.3 is 5.69 Å². The lowest BCUT2D eigenvalue weighted by atomic mass is 9.91. The largest absolute Gasteiger partial charge is 0.349 e. The number of nitrogens with zero attached hydrogens (tertiary/aromatic N) is 1. The van der Waals surface area contributed by atoms with Gasteiger partial charge < -0.3 is 11.1 Å². The van der Waals surface area contributed by atoms with Crippen LogP contribution in [0.4, 0.5) is 10.1 Å². The smallest absolute Gasteiger partial charge is 0.304 e. The summed E-state index contributed by atoms with van der Waals surface area (Å²) in [6.07, 6.45) is 3.28. The first-order chi connectivity index (χ1) is 9.47. The minimum absolute atomic E-state index is 0.0283. The van der Waals surface area contributed by atoms with E-state index in [4.69, 9.17) is 5.73 Å². The van der Waals surface area contributed by atoms with Crippen molar-refractivity contribution in [3.05, 3.63) is 39.7 Å². The predicted molar refractivity (Wildman–Crippen MR) is 70.8 cm³/mol. The van der Waals surface area contributed by atoms with Crippen LogP contribution in [0, 0.1) is 15.9 Å². The molecule has 1 fully saturated rings. The molecule has 0 aliphatic heterocycles. The van der Waals surface area contributed by atoms with Crippen LogP contribution in [0.15, 0.2) is 18.2 Å². The van der Waals surface area contributed by atoms with Crippen LogP contribution in [0.5, 0.6) is 0 Å². The molecule has 0 spiro atoms. The Kier molecular flexibility index (Phi) is 4.29. The molecule has 0 unspecified atom stereocenters. The van der Waals surface area contributed by atoms with E-state index in [1.54, 1.807) is 0 Å². The number of benzene rings is 1. The minimum Gasteiger partial charge on any atom is -0.349 e. The molecule has 0 atom stereocenters. The van der Waals surface area contributed by atoms with E-state index in [1.807, 2.05) is 0 Å². The number of hydrogen-bond acceptors (Lipinski definition) is 4. The zero-order valence-electron chi connectivity index (χ0n) is 10.8. The van der Waals surface area contributed by atoms with E-state index in [1.165, 1.54) is 6.07 Å². The van der Waals surface area contributed by atoms with Gasteiger partial charge in [0.05, 0.1) is 4.92 Å². The van der Waals surface area contributed by atoms with Crippen LogP contribution in [0.3, 0.4) is 0 Å². The third kappa shape index (κ3) is 3.30. The Bertz CT molecular complexity index is 528. The fourth-order valence-corrected chi connectivity index (χ4v) is 2.33. The van der Waals surface area contributed by atoms with Crippen molar-refractivity contribution in [2.24, 2.45) is 5.73 Å². The molecule has 0 heterocycles. The van der Waals surface area contributed by atoms with Crippen molar-refractivity contribution in [1.29, 1.82) is 0 Å². The molecule has 1 amide bonds. The van der Waals surface area contributed by atoms with Crippen molar-refractivity contribution < 1.29 is 14.1 Å². The monoisotopic (exact) mass is 281 g/mol. The standard InChI is InChI=1S/C13H16FN3O3/c14-11-7-8(1-6-12(11)17(19)20)13(18)16-10-4-2-9(15)3-5-10/h1,6-7,9-10H,2-5,15H2,(H,16,18). The summed E-state index contributed by atoms with van der Waals surface area (Å²) in [5, 5.41) is 13.3. The first kappa shape index (κ1) is 14.4. The van der Waals surface area contributed by atoms with Gasteiger partial charge in [-0.15, -0.1) is 0 Å². The van der Waals surface area contributed by atoms with Crippen LogP contribution >= 0.6 is 0 Å². The highest BCUT2D eigenvalue weighted by molar-refractivity contribution is 5.94. The molecule has 6 nitrogen and oxygen atoms in total. The molecule has 1 aromatic rings. The van der Waals surface area contributed by atoms with Crippen molar-refractivity contribution in [3.63, 3.8) is 0 Å². The summed E-state index contributed by atoms with van der Waals surface area (Å²) in [7, 11) is 0. The summed E-state index contributed by atoms with van der Waals surface area (Å²) < 4.78 is 13.5. The van der Waals surface area contributed by atoms with Crippen LogP contribution in [0.2, 0.25) is 0 Å². The van der Waals surface area contributed by atoms with Crippen LogP contribution in [0.25, 0.3) is 0 Å². The zero-order chi connectivity index (χ0) is 14.7. The third-order valence-electron chi connectivity index (χ3n) is 3.51. The summed E-state index contributed by atoms with van der Waals surface area (Å²) in [6.45, 7) is 0. The fourth-order valence-electron chi connectivity index (χ4n) is 2.33. The Hall–Kier alpha value is -2.02. The molecule has 20 heavy (non-hydrogen) atoms. The van der Waals surface area contributed by atoms with Gasteiger partial charge in [-0.3, -0.25) is 14.9 Å². The van der Waals surface area contributed by atoms with Crippen molar-refractivity contribution >= 4 is 11.6 Å². The van der Waals surface area contributed by atoms with Gasteiger partial charge in [0.2, 0.25) is 5.82 Å². The SMILES string of the molecule is NC1CCC(NC(=O)c2ccc([N+](=O)[O-])c(F)c2)CC1. The normalized spacial score (nSPS) is 22.3. The Balaban J connectivity index is 2.02. The number of nitrogens with one attached hydrogen (secondary N) is 1. The lowest BCUT2D eigenvalue weighted by Gasteiger charge is -2.26. The van der Waals surface area contributed by atoms with Crippen molar-refractivity contribution in [1.82, 2.24) is 5.32 Å². The number of halogens is 1. The highest BCUT2D eigenvalue weighted by atomic mass is 19.1. The predicted octanol–water partition coefficient (Wildman–Crippen LogP) is 1.73. The van der Waals surface area contributed by atoms with Gasteiger partial charge in [-0.05, 0) is 37.8 Å². The third-order valence-corrected chi connectivity index (χ3v) is 3.51. The molecular weight excluding hydrogens is 265 g/mol. The zero-order valence-corrected chi connectivity index (χ0v) is 10.8. The van der Waals surface area contributed by atoms with Gasteiger partial charge in [0.25, 0.3) is 5.91 Å². The lowest BCUT2D eigenvalue weighted by molar-refractivity contribution is -0.387. The number of carbonyl (C=O) groups is 1. The summed E-state index contributed by atoms with van der Waals surface area (Å²) in [5.74, 6) is -1.42. The summed E-state index contributed by atoms with van der Waals surface area (Å²) >= 11 is 0. The van der Waals surface area contributed by atoms with Gasteiger partial charge in [-0.25, -0.2) is 0 Å². The summed E-state index contributed by atoms with van der Waals surface area (Å²) in [6, 6.07) is 3.36. The van der Waals surface area contributed by atoms with Gasteiger partial charge in [-0.2, -0.15) is 4.39 Å². The van der Waals surface area contributed by atoms with E-state index < -0.39 is 22.3 Å². The number of nitro groups is 1. The van der Waals surface area contributed by atoms with Crippen LogP contribution in [-0.4, -0.2) is 22.9 Å². The van der Waals surface area contributed by atoms with Gasteiger partial charge in [0.1, 0.15) is 0 Å². The Morgan fingerprint density at radius 3 is 2.55 bits per heavy atom. The maximum absolute atomic E-state index is 13.5. The van der Waals surface area contributed by atoms with E-state index in [2.05, 4.69) is 5.32 Å². The summed E-state index contributed by atoms with van der Waals surface area (Å²) in [4.78, 5) is 21.6. The number of nitro benzene ring substituents is 1. The highest BCUT2D eigenvalue weighted by Crippen LogP contribution is 2.20. The van der Waals surface area contributed by atoms with E-state index >= 15 is 0 Å². The second-order valence-corrected chi connectivity index (χ2v) is 5.01. The molecule has 0 bridgehead atoms.